The fourth-order valence-corrected chi connectivity index (χ4v) is 3.83. The molecule has 1 aliphatic heterocycles. The third kappa shape index (κ3) is 4.67. The van der Waals surface area contributed by atoms with Gasteiger partial charge in [0.25, 0.3) is 0 Å². The number of hydrogen-bond donors (Lipinski definition) is 0. The molecule has 2 aliphatic rings. The van der Waals surface area contributed by atoms with Gasteiger partial charge in [-0.25, -0.2) is 4.98 Å². The van der Waals surface area contributed by atoms with Crippen molar-refractivity contribution in [3.8, 4) is 0 Å². The predicted molar refractivity (Wildman–Crippen MR) is 94.1 cm³/mol. The second-order valence-electron chi connectivity index (χ2n) is 6.70. The molecule has 2 fully saturated rings. The molecule has 0 radical (unpaired) electrons. The molecule has 3 rings (SSSR count). The third-order valence-electron chi connectivity index (χ3n) is 5.13. The molecule has 0 amide bonds. The first kappa shape index (κ1) is 16.7. The summed E-state index contributed by atoms with van der Waals surface area (Å²) in [7, 11) is 0. The van der Waals surface area contributed by atoms with E-state index < -0.39 is 0 Å². The van der Waals surface area contributed by atoms with E-state index in [0.29, 0.717) is 16.9 Å². The van der Waals surface area contributed by atoms with Crippen LogP contribution in [0.2, 0.25) is 5.15 Å². The summed E-state index contributed by atoms with van der Waals surface area (Å²) in [6, 6.07) is 5.76. The summed E-state index contributed by atoms with van der Waals surface area (Å²) in [5.41, 5.74) is 0. The molecular weight excluding hydrogens is 310 g/mol. The standard InChI is InChI=1S/C18H26ClN3O/c19-17-7-4-8-18(20-17)22-13-11-21(12-14-22)10-9-16(23)15-5-2-1-3-6-15/h4,7-8,15H,1-3,5-6,9-14H2. The topological polar surface area (TPSA) is 36.4 Å². The monoisotopic (exact) mass is 335 g/mol. The highest BCUT2D eigenvalue weighted by Gasteiger charge is 2.23. The Kier molecular flexibility index (Phi) is 5.90. The van der Waals surface area contributed by atoms with E-state index in [2.05, 4.69) is 14.8 Å². The Morgan fingerprint density at radius 3 is 2.57 bits per heavy atom. The number of piperazine rings is 1. The minimum Gasteiger partial charge on any atom is -0.354 e. The normalized spacial score (nSPS) is 20.7. The summed E-state index contributed by atoms with van der Waals surface area (Å²) < 4.78 is 0. The number of ketones is 1. The smallest absolute Gasteiger partial charge is 0.137 e. The molecule has 0 aromatic carbocycles. The molecule has 4 nitrogen and oxygen atoms in total. The minimum atomic E-state index is 0.348. The van der Waals surface area contributed by atoms with Crippen molar-refractivity contribution in [3.63, 3.8) is 0 Å². The van der Waals surface area contributed by atoms with E-state index in [1.165, 1.54) is 19.3 Å². The average molecular weight is 336 g/mol. The molecule has 2 heterocycles. The third-order valence-corrected chi connectivity index (χ3v) is 5.34. The quantitative estimate of drug-likeness (QED) is 0.773. The van der Waals surface area contributed by atoms with Gasteiger partial charge in [0.1, 0.15) is 16.8 Å². The molecule has 0 bridgehead atoms. The number of rotatable bonds is 5. The van der Waals surface area contributed by atoms with Gasteiger partial charge in [0.2, 0.25) is 0 Å². The Labute approximate surface area is 143 Å². The van der Waals surface area contributed by atoms with Crippen LogP contribution in [0.5, 0.6) is 0 Å². The van der Waals surface area contributed by atoms with Crippen LogP contribution >= 0.6 is 11.6 Å². The summed E-state index contributed by atoms with van der Waals surface area (Å²) in [5, 5.41) is 0.544. The largest absolute Gasteiger partial charge is 0.354 e. The van der Waals surface area contributed by atoms with E-state index in [9.17, 15) is 4.79 Å². The lowest BCUT2D eigenvalue weighted by atomic mass is 9.85. The number of carbonyl (C=O) groups is 1. The highest BCUT2D eigenvalue weighted by atomic mass is 35.5. The van der Waals surface area contributed by atoms with Gasteiger partial charge in [0.05, 0.1) is 0 Å². The number of aromatic nitrogens is 1. The van der Waals surface area contributed by atoms with Crippen LogP contribution in [-0.4, -0.2) is 48.4 Å². The zero-order valence-electron chi connectivity index (χ0n) is 13.7. The minimum absolute atomic E-state index is 0.348. The van der Waals surface area contributed by atoms with Gasteiger partial charge in [-0.1, -0.05) is 36.9 Å². The van der Waals surface area contributed by atoms with E-state index in [1.807, 2.05) is 12.1 Å². The number of Topliss-reactive ketones (excluding diaryl/α,β-unsaturated/α-hetero) is 1. The van der Waals surface area contributed by atoms with E-state index in [1.54, 1.807) is 6.07 Å². The average Bonchev–Trinajstić information content (AvgIpc) is 2.61. The molecule has 0 unspecified atom stereocenters. The summed E-state index contributed by atoms with van der Waals surface area (Å²) in [6.07, 6.45) is 6.74. The number of halogens is 1. The van der Waals surface area contributed by atoms with Crippen molar-refractivity contribution in [1.29, 1.82) is 0 Å². The zero-order chi connectivity index (χ0) is 16.1. The van der Waals surface area contributed by atoms with E-state index in [4.69, 9.17) is 11.6 Å². The van der Waals surface area contributed by atoms with Gasteiger partial charge >= 0.3 is 0 Å². The molecule has 0 N–H and O–H groups in total. The van der Waals surface area contributed by atoms with Gasteiger partial charge in [0.15, 0.2) is 0 Å². The zero-order valence-corrected chi connectivity index (χ0v) is 14.5. The van der Waals surface area contributed by atoms with Crippen molar-refractivity contribution in [1.82, 2.24) is 9.88 Å². The first-order valence-corrected chi connectivity index (χ1v) is 9.23. The molecule has 1 aliphatic carbocycles. The van der Waals surface area contributed by atoms with Crippen LogP contribution in [0, 0.1) is 5.92 Å². The van der Waals surface area contributed by atoms with Crippen LogP contribution in [0.4, 0.5) is 5.82 Å². The SMILES string of the molecule is O=C(CCN1CCN(c2cccc(Cl)n2)CC1)C1CCCCC1. The van der Waals surface area contributed by atoms with Crippen LogP contribution < -0.4 is 4.90 Å². The lowest BCUT2D eigenvalue weighted by Gasteiger charge is -2.35. The van der Waals surface area contributed by atoms with Crippen molar-refractivity contribution < 1.29 is 4.79 Å². The molecule has 1 aromatic rings. The Hall–Kier alpha value is -1.13. The summed E-state index contributed by atoms with van der Waals surface area (Å²) >= 11 is 5.97. The maximum atomic E-state index is 12.3. The van der Waals surface area contributed by atoms with E-state index in [-0.39, 0.29) is 0 Å². The number of pyridine rings is 1. The number of anilines is 1. The van der Waals surface area contributed by atoms with E-state index in [0.717, 1.165) is 57.8 Å². The van der Waals surface area contributed by atoms with Gasteiger partial charge in [-0.3, -0.25) is 9.69 Å². The molecule has 126 valence electrons. The van der Waals surface area contributed by atoms with Crippen molar-refractivity contribution in [2.75, 3.05) is 37.6 Å². The molecule has 1 saturated heterocycles. The number of carbonyl (C=O) groups excluding carboxylic acids is 1. The maximum Gasteiger partial charge on any atom is 0.137 e. The van der Waals surface area contributed by atoms with Crippen molar-refractivity contribution in [2.24, 2.45) is 5.92 Å². The van der Waals surface area contributed by atoms with Gasteiger partial charge in [-0.15, -0.1) is 0 Å². The fraction of sp³-hybridized carbons (Fsp3) is 0.667. The maximum absolute atomic E-state index is 12.3. The highest BCUT2D eigenvalue weighted by Crippen LogP contribution is 2.25. The molecule has 1 aromatic heterocycles. The second-order valence-corrected chi connectivity index (χ2v) is 7.09. The van der Waals surface area contributed by atoms with Crippen LogP contribution in [0.1, 0.15) is 38.5 Å². The Morgan fingerprint density at radius 2 is 1.87 bits per heavy atom. The number of hydrogen-bond acceptors (Lipinski definition) is 4. The molecular formula is C18H26ClN3O. The van der Waals surface area contributed by atoms with Gasteiger partial charge in [0, 0.05) is 45.1 Å². The first-order chi connectivity index (χ1) is 11.2. The second kappa shape index (κ2) is 8.11. The van der Waals surface area contributed by atoms with Crippen LogP contribution in [0.25, 0.3) is 0 Å². The summed E-state index contributed by atoms with van der Waals surface area (Å²) in [4.78, 5) is 21.4. The van der Waals surface area contributed by atoms with Gasteiger partial charge in [-0.05, 0) is 25.0 Å². The molecule has 0 spiro atoms. The Balaban J connectivity index is 1.41. The molecule has 1 saturated carbocycles. The van der Waals surface area contributed by atoms with E-state index >= 15 is 0 Å². The van der Waals surface area contributed by atoms with Crippen molar-refractivity contribution >= 4 is 23.2 Å². The Morgan fingerprint density at radius 1 is 1.13 bits per heavy atom. The van der Waals surface area contributed by atoms with Crippen LogP contribution in [0.3, 0.4) is 0 Å². The fourth-order valence-electron chi connectivity index (χ4n) is 3.67. The highest BCUT2D eigenvalue weighted by molar-refractivity contribution is 6.29. The van der Waals surface area contributed by atoms with Crippen LogP contribution in [0.15, 0.2) is 18.2 Å². The molecule has 5 heteroatoms. The summed E-state index contributed by atoms with van der Waals surface area (Å²) in [6.45, 7) is 4.79. The lowest BCUT2D eigenvalue weighted by molar-refractivity contribution is -0.124. The lowest BCUT2D eigenvalue weighted by Crippen LogP contribution is -2.47. The van der Waals surface area contributed by atoms with Gasteiger partial charge in [-0.2, -0.15) is 0 Å². The van der Waals surface area contributed by atoms with Crippen molar-refractivity contribution in [2.45, 2.75) is 38.5 Å². The summed E-state index contributed by atoms with van der Waals surface area (Å²) in [5.74, 6) is 1.79. The molecule has 0 atom stereocenters. The predicted octanol–water partition coefficient (Wildman–Crippen LogP) is 3.40. The van der Waals surface area contributed by atoms with Crippen LogP contribution in [-0.2, 0) is 4.79 Å². The van der Waals surface area contributed by atoms with Gasteiger partial charge < -0.3 is 4.90 Å². The Bertz CT molecular complexity index is 523. The van der Waals surface area contributed by atoms with Crippen molar-refractivity contribution in [3.05, 3.63) is 23.4 Å². The number of nitrogens with zero attached hydrogens (tertiary/aromatic N) is 3. The first-order valence-electron chi connectivity index (χ1n) is 8.85. The molecule has 23 heavy (non-hydrogen) atoms.